The number of fused-ring (bicyclic) bond motifs is 2. The molecule has 2 aliphatic heterocycles. The number of hydrogen-bond donors (Lipinski definition) is 1. The monoisotopic (exact) mass is 238 g/mol. The van der Waals surface area contributed by atoms with Gasteiger partial charge in [0.25, 0.3) is 0 Å². The number of carboxylic acids is 1. The van der Waals surface area contributed by atoms with E-state index < -0.39 is 18.0 Å². The minimum absolute atomic E-state index is 0.210. The van der Waals surface area contributed by atoms with Gasteiger partial charge in [-0.3, -0.25) is 4.84 Å². The van der Waals surface area contributed by atoms with E-state index in [1.807, 2.05) is 0 Å². The molecule has 2 aliphatic rings. The van der Waals surface area contributed by atoms with Gasteiger partial charge in [-0.25, -0.2) is 9.59 Å². The highest BCUT2D eigenvalue weighted by atomic mass is 16.7. The first-order chi connectivity index (χ1) is 8.06. The number of carbonyl (C=O) groups excluding carboxylic acids is 1. The standard InChI is InChI=1S/C11H14N2O4/c1-3-4-17-13-8-5-7(2)9(10(14)15)12(6-8)11(13)16/h3,5,8-9H,1,4,6H2,2H3,(H,14,15)/t8-,9-/m0/s1. The molecule has 17 heavy (non-hydrogen) atoms. The van der Waals surface area contributed by atoms with Gasteiger partial charge in [0.2, 0.25) is 0 Å². The molecule has 0 spiro atoms. The van der Waals surface area contributed by atoms with E-state index in [2.05, 4.69) is 6.58 Å². The molecule has 1 N–H and O–H groups in total. The summed E-state index contributed by atoms with van der Waals surface area (Å²) in [5.41, 5.74) is 0.659. The maximum Gasteiger partial charge on any atom is 0.345 e. The summed E-state index contributed by atoms with van der Waals surface area (Å²) in [5, 5.41) is 10.3. The zero-order valence-corrected chi connectivity index (χ0v) is 9.50. The molecule has 2 heterocycles. The van der Waals surface area contributed by atoms with Crippen LogP contribution in [0.4, 0.5) is 4.79 Å². The lowest BCUT2D eigenvalue weighted by Crippen LogP contribution is -2.45. The predicted octanol–water partition coefficient (Wildman–Crippen LogP) is 0.623. The van der Waals surface area contributed by atoms with Crippen LogP contribution in [0.25, 0.3) is 0 Å². The van der Waals surface area contributed by atoms with E-state index in [0.29, 0.717) is 12.1 Å². The molecule has 0 aliphatic carbocycles. The summed E-state index contributed by atoms with van der Waals surface area (Å²) in [6, 6.07) is -1.49. The highest BCUT2D eigenvalue weighted by Crippen LogP contribution is 2.29. The molecule has 0 saturated carbocycles. The number of carbonyl (C=O) groups is 2. The van der Waals surface area contributed by atoms with Crippen molar-refractivity contribution < 1.29 is 19.5 Å². The van der Waals surface area contributed by atoms with Crippen LogP contribution in [0.2, 0.25) is 0 Å². The van der Waals surface area contributed by atoms with Gasteiger partial charge in [0.05, 0.1) is 19.2 Å². The number of rotatable bonds is 4. The van der Waals surface area contributed by atoms with Crippen LogP contribution in [0.3, 0.4) is 0 Å². The van der Waals surface area contributed by atoms with Crippen LogP contribution >= 0.6 is 0 Å². The quantitative estimate of drug-likeness (QED) is 0.729. The van der Waals surface area contributed by atoms with Crippen LogP contribution in [0.5, 0.6) is 0 Å². The second-order valence-electron chi connectivity index (χ2n) is 4.06. The van der Waals surface area contributed by atoms with Gasteiger partial charge in [0.1, 0.15) is 0 Å². The Bertz CT molecular complexity index is 404. The highest BCUT2D eigenvalue weighted by Gasteiger charge is 2.47. The fourth-order valence-electron chi connectivity index (χ4n) is 2.21. The summed E-state index contributed by atoms with van der Waals surface area (Å²) in [6.45, 7) is 5.79. The van der Waals surface area contributed by atoms with E-state index in [0.717, 1.165) is 0 Å². The third-order valence-corrected chi connectivity index (χ3v) is 2.88. The van der Waals surface area contributed by atoms with Crippen molar-refractivity contribution >= 4 is 12.0 Å². The average molecular weight is 238 g/mol. The Morgan fingerprint density at radius 2 is 2.47 bits per heavy atom. The maximum atomic E-state index is 11.9. The van der Waals surface area contributed by atoms with Gasteiger partial charge in [0, 0.05) is 0 Å². The van der Waals surface area contributed by atoms with Gasteiger partial charge < -0.3 is 10.0 Å². The molecule has 0 aromatic rings. The van der Waals surface area contributed by atoms with Crippen LogP contribution in [0.15, 0.2) is 24.3 Å². The Hall–Kier alpha value is -1.82. The smallest absolute Gasteiger partial charge is 0.345 e. The molecule has 2 rings (SSSR count). The molecule has 1 fully saturated rings. The number of carboxylic acid groups (broad SMARTS) is 1. The van der Waals surface area contributed by atoms with Crippen LogP contribution in [-0.4, -0.2) is 52.3 Å². The predicted molar refractivity (Wildman–Crippen MR) is 59.1 cm³/mol. The van der Waals surface area contributed by atoms with Crippen molar-refractivity contribution in [2.45, 2.75) is 19.0 Å². The Balaban J connectivity index is 2.23. The molecule has 0 aromatic carbocycles. The summed E-state index contributed by atoms with van der Waals surface area (Å²) in [7, 11) is 0. The Morgan fingerprint density at radius 1 is 1.76 bits per heavy atom. The molecule has 2 amide bonds. The molecule has 6 nitrogen and oxygen atoms in total. The molecular weight excluding hydrogens is 224 g/mol. The normalized spacial score (nSPS) is 27.1. The molecule has 92 valence electrons. The zero-order valence-electron chi connectivity index (χ0n) is 9.50. The second-order valence-corrected chi connectivity index (χ2v) is 4.06. The number of nitrogens with zero attached hydrogens (tertiary/aromatic N) is 2. The van der Waals surface area contributed by atoms with Crippen LogP contribution in [0.1, 0.15) is 6.92 Å². The number of hydrogen-bond acceptors (Lipinski definition) is 3. The van der Waals surface area contributed by atoms with Crippen molar-refractivity contribution in [2.24, 2.45) is 0 Å². The minimum Gasteiger partial charge on any atom is -0.479 e. The molecule has 0 radical (unpaired) electrons. The van der Waals surface area contributed by atoms with Crippen molar-refractivity contribution in [3.8, 4) is 0 Å². The molecule has 1 saturated heterocycles. The van der Waals surface area contributed by atoms with Gasteiger partial charge in [-0.1, -0.05) is 12.2 Å². The number of hydroxylamine groups is 2. The minimum atomic E-state index is -1.02. The van der Waals surface area contributed by atoms with Gasteiger partial charge >= 0.3 is 12.0 Å². The van der Waals surface area contributed by atoms with E-state index >= 15 is 0 Å². The fraction of sp³-hybridized carbons (Fsp3) is 0.455. The lowest BCUT2D eigenvalue weighted by atomic mass is 10.0. The Labute approximate surface area is 98.7 Å². The SMILES string of the molecule is C=CCON1C(=O)N2C[C@@H]1C=C(C)[C@H]2C(=O)O. The maximum absolute atomic E-state index is 11.9. The van der Waals surface area contributed by atoms with Crippen LogP contribution in [-0.2, 0) is 9.63 Å². The van der Waals surface area contributed by atoms with Crippen LogP contribution in [0, 0.1) is 0 Å². The molecule has 2 atom stereocenters. The number of urea groups is 1. The molecule has 6 heteroatoms. The van der Waals surface area contributed by atoms with Crippen molar-refractivity contribution in [1.29, 1.82) is 0 Å². The Kier molecular flexibility index (Phi) is 2.89. The largest absolute Gasteiger partial charge is 0.479 e. The first kappa shape index (κ1) is 11.7. The van der Waals surface area contributed by atoms with Crippen molar-refractivity contribution in [3.63, 3.8) is 0 Å². The second kappa shape index (κ2) is 4.21. The zero-order chi connectivity index (χ0) is 12.6. The van der Waals surface area contributed by atoms with E-state index in [1.165, 1.54) is 16.0 Å². The molecule has 2 bridgehead atoms. The molecule has 0 unspecified atom stereocenters. The summed E-state index contributed by atoms with van der Waals surface area (Å²) in [6.07, 6.45) is 3.30. The first-order valence-electron chi connectivity index (χ1n) is 5.31. The van der Waals surface area contributed by atoms with E-state index in [4.69, 9.17) is 9.94 Å². The van der Waals surface area contributed by atoms with E-state index in [9.17, 15) is 9.59 Å². The van der Waals surface area contributed by atoms with Crippen LogP contribution < -0.4 is 0 Å². The van der Waals surface area contributed by atoms with Crippen molar-refractivity contribution in [2.75, 3.05) is 13.2 Å². The molecule has 0 aromatic heterocycles. The van der Waals surface area contributed by atoms with E-state index in [-0.39, 0.29) is 12.6 Å². The number of aliphatic carboxylic acids is 1. The van der Waals surface area contributed by atoms with Gasteiger partial charge in [-0.05, 0) is 12.5 Å². The summed E-state index contributed by atoms with van der Waals surface area (Å²) < 4.78 is 0. The summed E-state index contributed by atoms with van der Waals surface area (Å²) in [5.74, 6) is -1.02. The topological polar surface area (TPSA) is 70.1 Å². The van der Waals surface area contributed by atoms with Crippen molar-refractivity contribution in [3.05, 3.63) is 24.3 Å². The first-order valence-corrected chi connectivity index (χ1v) is 5.31. The summed E-state index contributed by atoms with van der Waals surface area (Å²) in [4.78, 5) is 29.6. The number of amides is 2. The average Bonchev–Trinajstić information content (AvgIpc) is 2.49. The van der Waals surface area contributed by atoms with Gasteiger partial charge in [-0.2, -0.15) is 5.06 Å². The third kappa shape index (κ3) is 1.80. The van der Waals surface area contributed by atoms with Gasteiger partial charge in [0.15, 0.2) is 6.04 Å². The fourth-order valence-corrected chi connectivity index (χ4v) is 2.21. The lowest BCUT2D eigenvalue weighted by molar-refractivity contribution is -0.140. The van der Waals surface area contributed by atoms with E-state index in [1.54, 1.807) is 13.0 Å². The molecular formula is C11H14N2O4. The Morgan fingerprint density at radius 3 is 3.06 bits per heavy atom. The third-order valence-electron chi connectivity index (χ3n) is 2.88. The van der Waals surface area contributed by atoms with Gasteiger partial charge in [-0.15, -0.1) is 6.58 Å². The summed E-state index contributed by atoms with van der Waals surface area (Å²) >= 11 is 0. The van der Waals surface area contributed by atoms with Crippen molar-refractivity contribution in [1.82, 2.24) is 9.96 Å². The highest BCUT2D eigenvalue weighted by molar-refractivity contribution is 5.87. The lowest BCUT2D eigenvalue weighted by Gasteiger charge is -2.26.